The van der Waals surface area contributed by atoms with Gasteiger partial charge in [0.1, 0.15) is 5.75 Å². The van der Waals surface area contributed by atoms with E-state index in [0.29, 0.717) is 32.5 Å². The number of piperidine rings is 1. The Morgan fingerprint density at radius 3 is 2.45 bits per heavy atom. The molecule has 1 aromatic rings. The molecule has 1 heterocycles. The van der Waals surface area contributed by atoms with Crippen LogP contribution in [0.4, 0.5) is 0 Å². The second-order valence-electron chi connectivity index (χ2n) is 5.27. The van der Waals surface area contributed by atoms with Crippen LogP contribution in [0.3, 0.4) is 0 Å². The van der Waals surface area contributed by atoms with Crippen LogP contribution in [-0.4, -0.2) is 41.6 Å². The fourth-order valence-corrected chi connectivity index (χ4v) is 2.46. The van der Waals surface area contributed by atoms with Crippen LogP contribution in [-0.2, 0) is 9.59 Å². The van der Waals surface area contributed by atoms with Crippen LogP contribution in [0.5, 0.6) is 5.75 Å². The molecule has 0 aromatic heterocycles. The lowest BCUT2D eigenvalue weighted by molar-refractivity contribution is -0.144. The molecule has 22 heavy (non-hydrogen) atoms. The Morgan fingerprint density at radius 2 is 1.91 bits per heavy atom. The summed E-state index contributed by atoms with van der Waals surface area (Å²) in [5, 5.41) is 8.95. The number of nitrogens with zero attached hydrogens (tertiary/aromatic N) is 1. The SMILES string of the molecule is CCOc1ccc(/C=C/C(=O)N2CCC(C(=O)O)CC2)cc1. The topological polar surface area (TPSA) is 66.8 Å². The van der Waals surface area contributed by atoms with E-state index < -0.39 is 5.97 Å². The van der Waals surface area contributed by atoms with Crippen molar-refractivity contribution in [2.45, 2.75) is 19.8 Å². The Kier molecular flexibility index (Phi) is 5.58. The van der Waals surface area contributed by atoms with E-state index in [1.807, 2.05) is 31.2 Å². The highest BCUT2D eigenvalue weighted by molar-refractivity contribution is 5.92. The number of carbonyl (C=O) groups excluding carboxylic acids is 1. The Morgan fingerprint density at radius 1 is 1.27 bits per heavy atom. The van der Waals surface area contributed by atoms with Crippen LogP contribution in [0.2, 0.25) is 0 Å². The van der Waals surface area contributed by atoms with Gasteiger partial charge in [-0.05, 0) is 43.5 Å². The zero-order valence-corrected chi connectivity index (χ0v) is 12.7. The number of hydrogen-bond acceptors (Lipinski definition) is 3. The van der Waals surface area contributed by atoms with Crippen molar-refractivity contribution in [3.63, 3.8) is 0 Å². The maximum absolute atomic E-state index is 12.1. The standard InChI is InChI=1S/C17H21NO4/c1-2-22-15-6-3-13(4-7-15)5-8-16(19)18-11-9-14(10-12-18)17(20)21/h3-8,14H,2,9-12H2,1H3,(H,20,21)/b8-5+. The number of hydrogen-bond donors (Lipinski definition) is 1. The van der Waals surface area contributed by atoms with Gasteiger partial charge in [0.05, 0.1) is 12.5 Å². The lowest BCUT2D eigenvalue weighted by Crippen LogP contribution is -2.39. The van der Waals surface area contributed by atoms with E-state index in [1.54, 1.807) is 11.0 Å². The molecule has 1 saturated heterocycles. The third-order valence-corrected chi connectivity index (χ3v) is 3.77. The van der Waals surface area contributed by atoms with Crippen molar-refractivity contribution in [2.75, 3.05) is 19.7 Å². The number of likely N-dealkylation sites (tertiary alicyclic amines) is 1. The van der Waals surface area contributed by atoms with Crippen LogP contribution in [0.15, 0.2) is 30.3 Å². The first kappa shape index (κ1) is 16.1. The number of rotatable bonds is 5. The molecule has 1 aliphatic rings. The van der Waals surface area contributed by atoms with E-state index in [4.69, 9.17) is 9.84 Å². The van der Waals surface area contributed by atoms with Crippen LogP contribution in [0, 0.1) is 5.92 Å². The van der Waals surface area contributed by atoms with E-state index in [9.17, 15) is 9.59 Å². The predicted molar refractivity (Wildman–Crippen MR) is 83.6 cm³/mol. The Bertz CT molecular complexity index is 542. The first-order valence-corrected chi connectivity index (χ1v) is 7.53. The van der Waals surface area contributed by atoms with E-state index in [0.717, 1.165) is 11.3 Å². The van der Waals surface area contributed by atoms with Crippen molar-refractivity contribution < 1.29 is 19.4 Å². The second-order valence-corrected chi connectivity index (χ2v) is 5.27. The van der Waals surface area contributed by atoms with Gasteiger partial charge in [0.25, 0.3) is 0 Å². The zero-order valence-electron chi connectivity index (χ0n) is 12.7. The van der Waals surface area contributed by atoms with Gasteiger partial charge in [-0.2, -0.15) is 0 Å². The first-order valence-electron chi connectivity index (χ1n) is 7.53. The van der Waals surface area contributed by atoms with Crippen LogP contribution < -0.4 is 4.74 Å². The summed E-state index contributed by atoms with van der Waals surface area (Å²) in [7, 11) is 0. The molecule has 1 N–H and O–H groups in total. The molecule has 0 radical (unpaired) electrons. The quantitative estimate of drug-likeness (QED) is 0.848. The summed E-state index contributed by atoms with van der Waals surface area (Å²) in [6.45, 7) is 3.56. The number of carboxylic acids is 1. The molecule has 1 aromatic carbocycles. The van der Waals surface area contributed by atoms with Gasteiger partial charge in [0.15, 0.2) is 0 Å². The summed E-state index contributed by atoms with van der Waals surface area (Å²) in [5.74, 6) is -0.351. The minimum atomic E-state index is -0.767. The maximum Gasteiger partial charge on any atom is 0.306 e. The summed E-state index contributed by atoms with van der Waals surface area (Å²) in [4.78, 5) is 24.7. The predicted octanol–water partition coefficient (Wildman–Crippen LogP) is 2.42. The van der Waals surface area contributed by atoms with Gasteiger partial charge in [0.2, 0.25) is 5.91 Å². The number of carbonyl (C=O) groups is 2. The molecule has 1 fully saturated rings. The minimum absolute atomic E-state index is 0.0716. The number of benzene rings is 1. The molecule has 118 valence electrons. The lowest BCUT2D eigenvalue weighted by Gasteiger charge is -2.29. The van der Waals surface area contributed by atoms with Crippen molar-refractivity contribution in [1.29, 1.82) is 0 Å². The molecule has 2 rings (SSSR count). The zero-order chi connectivity index (χ0) is 15.9. The highest BCUT2D eigenvalue weighted by Gasteiger charge is 2.25. The first-order chi connectivity index (χ1) is 10.6. The average molecular weight is 303 g/mol. The van der Waals surface area contributed by atoms with Crippen molar-refractivity contribution in [3.05, 3.63) is 35.9 Å². The van der Waals surface area contributed by atoms with Gasteiger partial charge in [-0.3, -0.25) is 9.59 Å². The van der Waals surface area contributed by atoms with Gasteiger partial charge >= 0.3 is 5.97 Å². The van der Waals surface area contributed by atoms with E-state index in [-0.39, 0.29) is 11.8 Å². The molecular weight excluding hydrogens is 282 g/mol. The van der Waals surface area contributed by atoms with Crippen LogP contribution in [0.25, 0.3) is 6.08 Å². The third-order valence-electron chi connectivity index (χ3n) is 3.77. The molecule has 0 saturated carbocycles. The minimum Gasteiger partial charge on any atom is -0.494 e. The smallest absolute Gasteiger partial charge is 0.306 e. The molecular formula is C17H21NO4. The summed E-state index contributed by atoms with van der Waals surface area (Å²) in [5.41, 5.74) is 0.928. The average Bonchev–Trinajstić information content (AvgIpc) is 2.54. The molecule has 0 atom stereocenters. The molecule has 5 nitrogen and oxygen atoms in total. The highest BCUT2D eigenvalue weighted by Crippen LogP contribution is 2.18. The Hall–Kier alpha value is -2.30. The number of aliphatic carboxylic acids is 1. The van der Waals surface area contributed by atoms with Gasteiger partial charge in [-0.15, -0.1) is 0 Å². The highest BCUT2D eigenvalue weighted by atomic mass is 16.5. The summed E-state index contributed by atoms with van der Waals surface area (Å²) >= 11 is 0. The Balaban J connectivity index is 1.87. The van der Waals surface area contributed by atoms with Gasteiger partial charge in [-0.1, -0.05) is 12.1 Å². The number of carboxylic acid groups (broad SMARTS) is 1. The summed E-state index contributed by atoms with van der Waals surface area (Å²) in [6.07, 6.45) is 4.36. The lowest BCUT2D eigenvalue weighted by atomic mass is 9.97. The van der Waals surface area contributed by atoms with E-state index in [1.165, 1.54) is 6.08 Å². The number of amides is 1. The molecule has 1 amide bonds. The fraction of sp³-hybridized carbons (Fsp3) is 0.412. The van der Waals surface area contributed by atoms with Gasteiger partial charge in [-0.25, -0.2) is 0 Å². The fourth-order valence-electron chi connectivity index (χ4n) is 2.46. The van der Waals surface area contributed by atoms with E-state index >= 15 is 0 Å². The largest absolute Gasteiger partial charge is 0.494 e. The monoisotopic (exact) mass is 303 g/mol. The van der Waals surface area contributed by atoms with Crippen molar-refractivity contribution in [1.82, 2.24) is 4.90 Å². The van der Waals surface area contributed by atoms with Gasteiger partial charge in [0, 0.05) is 19.2 Å². The summed E-state index contributed by atoms with van der Waals surface area (Å²) < 4.78 is 5.36. The maximum atomic E-state index is 12.1. The molecule has 1 aliphatic heterocycles. The van der Waals surface area contributed by atoms with Crippen LogP contribution >= 0.6 is 0 Å². The molecule has 0 bridgehead atoms. The summed E-state index contributed by atoms with van der Waals surface area (Å²) in [6, 6.07) is 7.52. The van der Waals surface area contributed by atoms with Crippen molar-refractivity contribution in [2.24, 2.45) is 5.92 Å². The molecule has 0 unspecified atom stereocenters. The number of ether oxygens (including phenoxy) is 1. The van der Waals surface area contributed by atoms with E-state index in [2.05, 4.69) is 0 Å². The second kappa shape index (κ2) is 7.64. The van der Waals surface area contributed by atoms with Gasteiger partial charge < -0.3 is 14.7 Å². The molecule has 5 heteroatoms. The normalized spacial score (nSPS) is 16.0. The van der Waals surface area contributed by atoms with Crippen molar-refractivity contribution >= 4 is 18.0 Å². The molecule has 0 aliphatic carbocycles. The van der Waals surface area contributed by atoms with Crippen molar-refractivity contribution in [3.8, 4) is 5.75 Å². The third kappa shape index (κ3) is 4.35. The molecule has 0 spiro atoms. The van der Waals surface area contributed by atoms with Crippen LogP contribution in [0.1, 0.15) is 25.3 Å². The Labute approximate surface area is 130 Å².